The van der Waals surface area contributed by atoms with Crippen molar-refractivity contribution in [3.63, 3.8) is 0 Å². The third kappa shape index (κ3) is 1.86. The van der Waals surface area contributed by atoms with Crippen LogP contribution in [0, 0.1) is 0 Å². The fraction of sp³-hybridized carbons (Fsp3) is 0.600. The van der Waals surface area contributed by atoms with Crippen molar-refractivity contribution in [2.24, 2.45) is 0 Å². The molecular weight excluding hydrogens is 298 g/mol. The largest absolute Gasteiger partial charge is 0.476 e. The molecule has 1 aromatic rings. The monoisotopic (exact) mass is 308 g/mol. The number of aromatic nitrogens is 2. The van der Waals surface area contributed by atoms with E-state index >= 15 is 0 Å². The Bertz CT molecular complexity index is 473. The summed E-state index contributed by atoms with van der Waals surface area (Å²) in [4.78, 5) is 10.9. The summed E-state index contributed by atoms with van der Waals surface area (Å²) in [6, 6.07) is 0. The van der Waals surface area contributed by atoms with Gasteiger partial charge in [-0.15, -0.1) is 0 Å². The Morgan fingerprint density at radius 3 is 2.88 bits per heavy atom. The maximum Gasteiger partial charge on any atom is 0.357 e. The van der Waals surface area contributed by atoms with E-state index < -0.39 is 17.8 Å². The van der Waals surface area contributed by atoms with Crippen LogP contribution in [0.2, 0.25) is 0 Å². The number of carboxylic acid groups (broad SMARTS) is 1. The number of nitrogens with zero attached hydrogens (tertiary/aromatic N) is 2. The third-order valence-electron chi connectivity index (χ3n) is 3.04. The van der Waals surface area contributed by atoms with Crippen LogP contribution in [0.25, 0.3) is 0 Å². The Balaban J connectivity index is 2.57. The van der Waals surface area contributed by atoms with Gasteiger partial charge in [-0.3, -0.25) is 4.68 Å². The lowest BCUT2D eigenvalue weighted by molar-refractivity contribution is -0.0550. The normalized spacial score (nSPS) is 22.2. The van der Waals surface area contributed by atoms with E-state index in [1.54, 1.807) is 6.92 Å². The van der Waals surface area contributed by atoms with Crippen LogP contribution in [0.4, 0.5) is 8.78 Å². The predicted molar refractivity (Wildman–Crippen MR) is 59.5 cm³/mol. The molecule has 0 aromatic carbocycles. The Kier molecular flexibility index (Phi) is 2.97. The van der Waals surface area contributed by atoms with Crippen molar-refractivity contribution in [3.8, 4) is 0 Å². The molecule has 0 aliphatic carbocycles. The van der Waals surface area contributed by atoms with Crippen LogP contribution in [0.5, 0.6) is 0 Å². The number of carboxylic acids is 1. The van der Waals surface area contributed by atoms with E-state index in [9.17, 15) is 13.6 Å². The summed E-state index contributed by atoms with van der Waals surface area (Å²) in [5.74, 6) is -4.99. The van der Waals surface area contributed by atoms with Crippen LogP contribution >= 0.6 is 15.9 Å². The molecule has 1 atom stereocenters. The van der Waals surface area contributed by atoms with Crippen LogP contribution in [0.3, 0.4) is 0 Å². The summed E-state index contributed by atoms with van der Waals surface area (Å²) >= 11 is 3.07. The molecular formula is C10H11BrF2N2O2. The van der Waals surface area contributed by atoms with Crippen LogP contribution in [-0.4, -0.2) is 26.8 Å². The van der Waals surface area contributed by atoms with Gasteiger partial charge in [0.25, 0.3) is 5.92 Å². The number of aromatic carboxylic acids is 1. The van der Waals surface area contributed by atoms with Crippen LogP contribution in [-0.2, 0) is 6.54 Å². The smallest absolute Gasteiger partial charge is 0.357 e. The van der Waals surface area contributed by atoms with Gasteiger partial charge < -0.3 is 5.11 Å². The zero-order valence-electron chi connectivity index (χ0n) is 9.08. The Morgan fingerprint density at radius 2 is 2.35 bits per heavy atom. The molecule has 0 bridgehead atoms. The lowest BCUT2D eigenvalue weighted by atomic mass is 9.89. The Hall–Kier alpha value is -0.980. The lowest BCUT2D eigenvalue weighted by Gasteiger charge is -2.31. The van der Waals surface area contributed by atoms with Crippen molar-refractivity contribution in [2.75, 3.05) is 0 Å². The van der Waals surface area contributed by atoms with E-state index in [1.165, 1.54) is 4.68 Å². The molecule has 4 nitrogen and oxygen atoms in total. The average molecular weight is 309 g/mol. The Morgan fingerprint density at radius 1 is 1.71 bits per heavy atom. The molecule has 1 N–H and O–H groups in total. The van der Waals surface area contributed by atoms with Crippen LogP contribution in [0.15, 0.2) is 4.47 Å². The van der Waals surface area contributed by atoms with E-state index in [0.29, 0.717) is 5.69 Å². The molecule has 94 valence electrons. The second-order valence-corrected chi connectivity index (χ2v) is 4.84. The van der Waals surface area contributed by atoms with Gasteiger partial charge in [0.2, 0.25) is 0 Å². The first kappa shape index (κ1) is 12.5. The van der Waals surface area contributed by atoms with Gasteiger partial charge in [0.15, 0.2) is 5.69 Å². The zero-order valence-corrected chi connectivity index (χ0v) is 10.7. The van der Waals surface area contributed by atoms with Crippen molar-refractivity contribution in [1.82, 2.24) is 9.78 Å². The summed E-state index contributed by atoms with van der Waals surface area (Å²) in [6.07, 6.45) is -0.0535. The molecule has 1 aliphatic rings. The first-order chi connectivity index (χ1) is 7.88. The number of alkyl halides is 2. The summed E-state index contributed by atoms with van der Waals surface area (Å²) in [7, 11) is 0. The minimum Gasteiger partial charge on any atom is -0.476 e. The molecule has 1 aliphatic heterocycles. The molecule has 1 aromatic heterocycles. The first-order valence-electron chi connectivity index (χ1n) is 5.25. The van der Waals surface area contributed by atoms with E-state index in [-0.39, 0.29) is 29.6 Å². The van der Waals surface area contributed by atoms with Crippen molar-refractivity contribution in [1.29, 1.82) is 0 Å². The van der Waals surface area contributed by atoms with Gasteiger partial charge in [-0.05, 0) is 22.4 Å². The number of halogens is 3. The highest BCUT2D eigenvalue weighted by atomic mass is 79.9. The highest BCUT2D eigenvalue weighted by Crippen LogP contribution is 2.45. The topological polar surface area (TPSA) is 55.1 Å². The summed E-state index contributed by atoms with van der Waals surface area (Å²) in [6.45, 7) is 1.71. The number of carbonyl (C=O) groups is 1. The van der Waals surface area contributed by atoms with Gasteiger partial charge in [-0.25, -0.2) is 13.6 Å². The van der Waals surface area contributed by atoms with Gasteiger partial charge in [0, 0.05) is 13.0 Å². The molecule has 0 spiro atoms. The summed E-state index contributed by atoms with van der Waals surface area (Å²) in [5.41, 5.74) is 0.0947. The minimum absolute atomic E-state index is 0.0463. The average Bonchev–Trinajstić information content (AvgIpc) is 2.56. The molecule has 17 heavy (non-hydrogen) atoms. The van der Waals surface area contributed by atoms with E-state index in [1.807, 2.05) is 0 Å². The third-order valence-corrected chi connectivity index (χ3v) is 3.82. The molecule has 0 fully saturated rings. The minimum atomic E-state index is -2.80. The molecule has 7 heteroatoms. The molecule has 2 heterocycles. The molecule has 0 radical (unpaired) electrons. The van der Waals surface area contributed by atoms with Gasteiger partial charge >= 0.3 is 5.97 Å². The molecule has 0 saturated heterocycles. The second-order valence-electron chi connectivity index (χ2n) is 4.05. The summed E-state index contributed by atoms with van der Waals surface area (Å²) < 4.78 is 29.0. The van der Waals surface area contributed by atoms with Crippen molar-refractivity contribution < 1.29 is 18.7 Å². The van der Waals surface area contributed by atoms with E-state index in [2.05, 4.69) is 21.0 Å². The second kappa shape index (κ2) is 4.04. The summed E-state index contributed by atoms with van der Waals surface area (Å²) in [5, 5.41) is 12.8. The maximum absolute atomic E-state index is 13.7. The van der Waals surface area contributed by atoms with E-state index in [0.717, 1.165) is 0 Å². The molecule has 1 unspecified atom stereocenters. The van der Waals surface area contributed by atoms with Gasteiger partial charge in [-0.1, -0.05) is 6.92 Å². The number of hydrogen-bond acceptors (Lipinski definition) is 2. The van der Waals surface area contributed by atoms with E-state index in [4.69, 9.17) is 5.11 Å². The molecule has 0 saturated carbocycles. The SMILES string of the molecule is CCC1c2c(Br)c(C(=O)O)nn2CCC1(F)F. The fourth-order valence-corrected chi connectivity index (χ4v) is 2.94. The highest BCUT2D eigenvalue weighted by Gasteiger charge is 2.46. The number of hydrogen-bond donors (Lipinski definition) is 1. The zero-order chi connectivity index (χ0) is 12.8. The van der Waals surface area contributed by atoms with Gasteiger partial charge in [-0.2, -0.15) is 5.10 Å². The van der Waals surface area contributed by atoms with Gasteiger partial charge in [0.1, 0.15) is 0 Å². The predicted octanol–water partition coefficient (Wildman–Crippen LogP) is 2.88. The first-order valence-corrected chi connectivity index (χ1v) is 6.05. The van der Waals surface area contributed by atoms with Crippen molar-refractivity contribution in [3.05, 3.63) is 15.9 Å². The van der Waals surface area contributed by atoms with Gasteiger partial charge in [0.05, 0.1) is 16.1 Å². The van der Waals surface area contributed by atoms with Crippen LogP contribution in [0.1, 0.15) is 41.9 Å². The standard InChI is InChI=1S/C10H11BrF2N2O2/c1-2-5-8-6(11)7(9(16)17)14-15(8)4-3-10(5,12)13/h5H,2-4H2,1H3,(H,16,17). The lowest BCUT2D eigenvalue weighted by Crippen LogP contribution is -2.34. The molecule has 0 amide bonds. The van der Waals surface area contributed by atoms with Crippen LogP contribution < -0.4 is 0 Å². The van der Waals surface area contributed by atoms with Crippen molar-refractivity contribution >= 4 is 21.9 Å². The number of rotatable bonds is 2. The Labute approximate surface area is 105 Å². The number of fused-ring (bicyclic) bond motifs is 1. The highest BCUT2D eigenvalue weighted by molar-refractivity contribution is 9.10. The number of aryl methyl sites for hydroxylation is 1. The molecule has 2 rings (SSSR count). The fourth-order valence-electron chi connectivity index (χ4n) is 2.21. The van der Waals surface area contributed by atoms with Crippen molar-refractivity contribution in [2.45, 2.75) is 38.2 Å². The maximum atomic E-state index is 13.7. The quantitative estimate of drug-likeness (QED) is 0.914.